The van der Waals surface area contributed by atoms with E-state index in [4.69, 9.17) is 0 Å². The summed E-state index contributed by atoms with van der Waals surface area (Å²) >= 11 is 0. The molecule has 15 heavy (non-hydrogen) atoms. The standard InChI is InChI=1S/C14H18O/c1-3-4-9-14(15)11-10-13-8-6-5-7-12(13)2/h5-8,14-15H,3-4,9H2,1-2H3. The second kappa shape index (κ2) is 6.27. The lowest BCUT2D eigenvalue weighted by atomic mass is 10.1. The molecule has 1 atom stereocenters. The lowest BCUT2D eigenvalue weighted by molar-refractivity contribution is 0.218. The Labute approximate surface area is 92.1 Å². The molecule has 0 heterocycles. The number of unbranched alkanes of at least 4 members (excludes halogenated alkanes) is 1. The van der Waals surface area contributed by atoms with Gasteiger partial charge in [0, 0.05) is 5.56 Å². The first-order valence-corrected chi connectivity index (χ1v) is 5.49. The van der Waals surface area contributed by atoms with Gasteiger partial charge in [0.1, 0.15) is 6.10 Å². The fourth-order valence-electron chi connectivity index (χ4n) is 1.34. The van der Waals surface area contributed by atoms with Gasteiger partial charge in [-0.2, -0.15) is 0 Å². The Balaban J connectivity index is 2.61. The molecule has 1 rings (SSSR count). The van der Waals surface area contributed by atoms with Crippen molar-refractivity contribution in [2.75, 3.05) is 0 Å². The molecule has 0 saturated carbocycles. The Morgan fingerprint density at radius 1 is 1.33 bits per heavy atom. The van der Waals surface area contributed by atoms with Crippen molar-refractivity contribution < 1.29 is 5.11 Å². The van der Waals surface area contributed by atoms with E-state index in [0.717, 1.165) is 30.4 Å². The van der Waals surface area contributed by atoms with Crippen molar-refractivity contribution in [3.8, 4) is 11.8 Å². The van der Waals surface area contributed by atoms with Crippen LogP contribution < -0.4 is 0 Å². The molecule has 0 bridgehead atoms. The van der Waals surface area contributed by atoms with Crippen LogP contribution in [0.4, 0.5) is 0 Å². The monoisotopic (exact) mass is 202 g/mol. The van der Waals surface area contributed by atoms with E-state index in [1.807, 2.05) is 31.2 Å². The maximum atomic E-state index is 9.56. The number of aliphatic hydroxyl groups excluding tert-OH is 1. The molecule has 0 spiro atoms. The van der Waals surface area contributed by atoms with Gasteiger partial charge in [-0.1, -0.05) is 49.8 Å². The van der Waals surface area contributed by atoms with Crippen LogP contribution in [0.5, 0.6) is 0 Å². The summed E-state index contributed by atoms with van der Waals surface area (Å²) in [5.74, 6) is 5.90. The van der Waals surface area contributed by atoms with Crippen molar-refractivity contribution in [3.63, 3.8) is 0 Å². The van der Waals surface area contributed by atoms with E-state index < -0.39 is 6.10 Å². The molecule has 1 N–H and O–H groups in total. The van der Waals surface area contributed by atoms with Gasteiger partial charge in [-0.05, 0) is 25.0 Å². The van der Waals surface area contributed by atoms with Crippen LogP contribution in [0, 0.1) is 18.8 Å². The summed E-state index contributed by atoms with van der Waals surface area (Å²) in [4.78, 5) is 0. The zero-order chi connectivity index (χ0) is 11.1. The maximum absolute atomic E-state index is 9.56. The highest BCUT2D eigenvalue weighted by Crippen LogP contribution is 2.05. The normalized spacial score (nSPS) is 11.7. The molecule has 0 saturated heterocycles. The summed E-state index contributed by atoms with van der Waals surface area (Å²) in [6.07, 6.45) is 2.42. The molecule has 0 aromatic heterocycles. The lowest BCUT2D eigenvalue weighted by Crippen LogP contribution is -2.01. The van der Waals surface area contributed by atoms with E-state index in [1.54, 1.807) is 0 Å². The van der Waals surface area contributed by atoms with Gasteiger partial charge in [0.2, 0.25) is 0 Å². The lowest BCUT2D eigenvalue weighted by Gasteiger charge is -2.00. The fourth-order valence-corrected chi connectivity index (χ4v) is 1.34. The van der Waals surface area contributed by atoms with E-state index in [1.165, 1.54) is 0 Å². The minimum absolute atomic E-state index is 0.482. The van der Waals surface area contributed by atoms with Crippen LogP contribution in [0.2, 0.25) is 0 Å². The minimum atomic E-state index is -0.482. The van der Waals surface area contributed by atoms with Gasteiger partial charge in [0.05, 0.1) is 0 Å². The van der Waals surface area contributed by atoms with Gasteiger partial charge in [-0.25, -0.2) is 0 Å². The predicted molar refractivity (Wildman–Crippen MR) is 63.6 cm³/mol. The second-order valence-electron chi connectivity index (χ2n) is 3.74. The van der Waals surface area contributed by atoms with Crippen LogP contribution in [0.15, 0.2) is 24.3 Å². The van der Waals surface area contributed by atoms with Crippen molar-refractivity contribution in [1.29, 1.82) is 0 Å². The van der Waals surface area contributed by atoms with Crippen LogP contribution in [0.1, 0.15) is 37.3 Å². The van der Waals surface area contributed by atoms with Crippen molar-refractivity contribution >= 4 is 0 Å². The van der Waals surface area contributed by atoms with E-state index in [-0.39, 0.29) is 0 Å². The Kier molecular flexibility index (Phi) is 4.93. The molecule has 1 nitrogen and oxygen atoms in total. The summed E-state index contributed by atoms with van der Waals surface area (Å²) in [7, 11) is 0. The summed E-state index contributed by atoms with van der Waals surface area (Å²) in [5.41, 5.74) is 2.17. The number of benzene rings is 1. The maximum Gasteiger partial charge on any atom is 0.115 e. The number of hydrogen-bond acceptors (Lipinski definition) is 1. The summed E-state index contributed by atoms with van der Waals surface area (Å²) < 4.78 is 0. The first kappa shape index (κ1) is 11.8. The fraction of sp³-hybridized carbons (Fsp3) is 0.429. The third kappa shape index (κ3) is 4.18. The molecule has 1 aromatic carbocycles. The van der Waals surface area contributed by atoms with Crippen molar-refractivity contribution in [1.82, 2.24) is 0 Å². The molecule has 0 amide bonds. The van der Waals surface area contributed by atoms with Crippen molar-refractivity contribution in [2.45, 2.75) is 39.2 Å². The summed E-state index contributed by atoms with van der Waals surface area (Å²) in [6.45, 7) is 4.14. The first-order valence-electron chi connectivity index (χ1n) is 5.49. The minimum Gasteiger partial charge on any atom is -0.380 e. The van der Waals surface area contributed by atoms with Gasteiger partial charge in [0.25, 0.3) is 0 Å². The number of aliphatic hydroxyl groups is 1. The topological polar surface area (TPSA) is 20.2 Å². The zero-order valence-electron chi connectivity index (χ0n) is 9.46. The van der Waals surface area contributed by atoms with Gasteiger partial charge in [-0.3, -0.25) is 0 Å². The summed E-state index contributed by atoms with van der Waals surface area (Å²) in [6, 6.07) is 7.97. The highest BCUT2D eigenvalue weighted by molar-refractivity contribution is 5.40. The quantitative estimate of drug-likeness (QED) is 0.747. The molecular weight excluding hydrogens is 184 g/mol. The van der Waals surface area contributed by atoms with Gasteiger partial charge in [-0.15, -0.1) is 0 Å². The SMILES string of the molecule is CCCCC(O)C#Cc1ccccc1C. The van der Waals surface area contributed by atoms with Gasteiger partial charge in [0.15, 0.2) is 0 Å². The molecule has 0 aliphatic heterocycles. The Hall–Kier alpha value is -1.26. The molecular formula is C14H18O. The largest absolute Gasteiger partial charge is 0.380 e. The predicted octanol–water partition coefficient (Wildman–Crippen LogP) is 2.90. The average Bonchev–Trinajstić information content (AvgIpc) is 2.25. The van der Waals surface area contributed by atoms with Crippen LogP contribution >= 0.6 is 0 Å². The molecule has 0 aliphatic rings. The zero-order valence-corrected chi connectivity index (χ0v) is 9.46. The third-order valence-electron chi connectivity index (χ3n) is 2.35. The number of aryl methyl sites for hydroxylation is 1. The third-order valence-corrected chi connectivity index (χ3v) is 2.35. The first-order chi connectivity index (χ1) is 7.24. The van der Waals surface area contributed by atoms with Crippen LogP contribution in [0.25, 0.3) is 0 Å². The van der Waals surface area contributed by atoms with Crippen molar-refractivity contribution in [2.24, 2.45) is 0 Å². The summed E-state index contributed by atoms with van der Waals surface area (Å²) in [5, 5.41) is 9.56. The number of hydrogen-bond donors (Lipinski definition) is 1. The molecule has 0 radical (unpaired) electrons. The van der Waals surface area contributed by atoms with E-state index >= 15 is 0 Å². The van der Waals surface area contributed by atoms with Crippen LogP contribution in [0.3, 0.4) is 0 Å². The smallest absolute Gasteiger partial charge is 0.115 e. The number of rotatable bonds is 3. The van der Waals surface area contributed by atoms with E-state index in [0.29, 0.717) is 0 Å². The Morgan fingerprint density at radius 2 is 2.07 bits per heavy atom. The molecule has 0 aliphatic carbocycles. The Morgan fingerprint density at radius 3 is 2.73 bits per heavy atom. The second-order valence-corrected chi connectivity index (χ2v) is 3.74. The van der Waals surface area contributed by atoms with E-state index in [2.05, 4.69) is 18.8 Å². The Bertz CT molecular complexity index is 357. The molecule has 1 heteroatoms. The van der Waals surface area contributed by atoms with Crippen LogP contribution in [-0.4, -0.2) is 11.2 Å². The van der Waals surface area contributed by atoms with Crippen LogP contribution in [-0.2, 0) is 0 Å². The molecule has 0 fully saturated rings. The molecule has 1 aromatic rings. The van der Waals surface area contributed by atoms with E-state index in [9.17, 15) is 5.11 Å². The van der Waals surface area contributed by atoms with Gasteiger partial charge < -0.3 is 5.11 Å². The van der Waals surface area contributed by atoms with Crippen molar-refractivity contribution in [3.05, 3.63) is 35.4 Å². The van der Waals surface area contributed by atoms with Gasteiger partial charge >= 0.3 is 0 Å². The highest BCUT2D eigenvalue weighted by Gasteiger charge is 1.97. The molecule has 80 valence electrons. The molecule has 1 unspecified atom stereocenters. The highest BCUT2D eigenvalue weighted by atomic mass is 16.3. The average molecular weight is 202 g/mol.